The van der Waals surface area contributed by atoms with E-state index in [9.17, 15) is 0 Å². The number of hydrogen-bond donors (Lipinski definition) is 0. The van der Waals surface area contributed by atoms with Gasteiger partial charge in [0.05, 0.1) is 17.7 Å². The van der Waals surface area contributed by atoms with Crippen molar-refractivity contribution < 1.29 is 9.47 Å². The molecule has 0 aliphatic carbocycles. The normalized spacial score (nSPS) is 11.1. The van der Waals surface area contributed by atoms with E-state index in [-0.39, 0.29) is 6.10 Å². The molecule has 0 saturated heterocycles. The average molecular weight is 341 g/mol. The first-order valence-corrected chi connectivity index (χ1v) is 8.60. The van der Waals surface area contributed by atoms with Crippen molar-refractivity contribution in [2.75, 3.05) is 12.5 Å². The van der Waals surface area contributed by atoms with E-state index in [1.165, 1.54) is 0 Å². The van der Waals surface area contributed by atoms with Crippen LogP contribution in [0.2, 0.25) is 5.02 Å². The summed E-state index contributed by atoms with van der Waals surface area (Å²) in [5, 5.41) is 2.69. The molecule has 0 atom stereocenters. The van der Waals surface area contributed by atoms with Gasteiger partial charge in [-0.3, -0.25) is 0 Å². The molecule has 120 valence electrons. The Morgan fingerprint density at radius 1 is 1.05 bits per heavy atom. The van der Waals surface area contributed by atoms with Crippen LogP contribution < -0.4 is 9.47 Å². The molecule has 0 N–H and O–H groups in total. The zero-order valence-corrected chi connectivity index (χ0v) is 14.6. The van der Waals surface area contributed by atoms with Gasteiger partial charge in [0.1, 0.15) is 11.5 Å². The third-order valence-electron chi connectivity index (χ3n) is 3.30. The van der Waals surface area contributed by atoms with Crippen LogP contribution in [0.5, 0.6) is 11.5 Å². The molecule has 2 rings (SSSR count). The molecule has 2 nitrogen and oxygen atoms in total. The van der Waals surface area contributed by atoms with Gasteiger partial charge >= 0.3 is 0 Å². The number of halogens is 2. The summed E-state index contributed by atoms with van der Waals surface area (Å²) in [6.45, 7) is 4.69. The van der Waals surface area contributed by atoms with E-state index in [1.54, 1.807) is 0 Å². The molecule has 0 aliphatic rings. The molecule has 0 saturated carbocycles. The smallest absolute Gasteiger partial charge is 0.138 e. The molecule has 0 aromatic heterocycles. The molecule has 4 heteroatoms. The molecule has 2 aromatic rings. The predicted molar refractivity (Wildman–Crippen MR) is 94.8 cm³/mol. The van der Waals surface area contributed by atoms with E-state index >= 15 is 0 Å². The minimum Gasteiger partial charge on any atom is -0.492 e. The highest BCUT2D eigenvalue weighted by molar-refractivity contribution is 6.37. The zero-order valence-electron chi connectivity index (χ0n) is 13.1. The largest absolute Gasteiger partial charge is 0.492 e. The second-order valence-corrected chi connectivity index (χ2v) is 6.28. The number of rotatable bonds is 8. The summed E-state index contributed by atoms with van der Waals surface area (Å²) in [6.07, 6.45) is 3.24. The highest BCUT2D eigenvalue weighted by atomic mass is 35.5. The van der Waals surface area contributed by atoms with E-state index in [0.29, 0.717) is 17.5 Å². The highest BCUT2D eigenvalue weighted by Gasteiger charge is 2.08. The van der Waals surface area contributed by atoms with Crippen LogP contribution in [0.4, 0.5) is 0 Å². The number of alkyl halides is 1. The fraction of sp³-hybridized carbons (Fsp3) is 0.444. The van der Waals surface area contributed by atoms with Crippen molar-refractivity contribution in [1.29, 1.82) is 0 Å². The Hall–Kier alpha value is -1.12. The van der Waals surface area contributed by atoms with Gasteiger partial charge in [-0.05, 0) is 62.8 Å². The summed E-state index contributed by atoms with van der Waals surface area (Å²) < 4.78 is 11.5. The Bertz CT molecular complexity index is 611. The topological polar surface area (TPSA) is 18.5 Å². The molecule has 0 aliphatic heterocycles. The van der Waals surface area contributed by atoms with Crippen LogP contribution in [-0.2, 0) is 0 Å². The second kappa shape index (κ2) is 8.50. The van der Waals surface area contributed by atoms with Gasteiger partial charge in [-0.1, -0.05) is 17.7 Å². The van der Waals surface area contributed by atoms with Crippen LogP contribution in [0.1, 0.15) is 33.1 Å². The van der Waals surface area contributed by atoms with Gasteiger partial charge in [0.25, 0.3) is 0 Å². The Morgan fingerprint density at radius 3 is 2.59 bits per heavy atom. The fourth-order valence-corrected chi connectivity index (χ4v) is 2.74. The minimum absolute atomic E-state index is 0.156. The van der Waals surface area contributed by atoms with Crippen LogP contribution in [-0.4, -0.2) is 18.6 Å². The summed E-state index contributed by atoms with van der Waals surface area (Å²) in [6, 6.07) is 9.87. The first-order chi connectivity index (χ1) is 10.6. The Kier molecular flexibility index (Phi) is 6.66. The monoisotopic (exact) mass is 340 g/mol. The molecule has 0 heterocycles. The van der Waals surface area contributed by atoms with Gasteiger partial charge in [0.2, 0.25) is 0 Å². The molecular formula is C18H22Cl2O2. The van der Waals surface area contributed by atoms with Crippen molar-refractivity contribution in [3.8, 4) is 11.5 Å². The quantitative estimate of drug-likeness (QED) is 0.429. The van der Waals surface area contributed by atoms with Crippen LogP contribution in [0, 0.1) is 0 Å². The number of ether oxygens (including phenoxy) is 2. The summed E-state index contributed by atoms with van der Waals surface area (Å²) in [7, 11) is 0. The number of benzene rings is 2. The molecule has 0 fully saturated rings. The highest BCUT2D eigenvalue weighted by Crippen LogP contribution is 2.34. The van der Waals surface area contributed by atoms with Crippen molar-refractivity contribution in [2.45, 2.75) is 39.2 Å². The van der Waals surface area contributed by atoms with Gasteiger partial charge in [-0.2, -0.15) is 0 Å². The van der Waals surface area contributed by atoms with Crippen molar-refractivity contribution in [1.82, 2.24) is 0 Å². The number of hydrogen-bond acceptors (Lipinski definition) is 2. The van der Waals surface area contributed by atoms with Crippen molar-refractivity contribution in [2.24, 2.45) is 0 Å². The van der Waals surface area contributed by atoms with Gasteiger partial charge in [0.15, 0.2) is 0 Å². The summed E-state index contributed by atoms with van der Waals surface area (Å²) in [5.41, 5.74) is 0. The first-order valence-electron chi connectivity index (χ1n) is 7.69. The Balaban J connectivity index is 2.09. The fourth-order valence-electron chi connectivity index (χ4n) is 2.26. The SMILES string of the molecule is CC(C)Oc1ccc2c(Cl)c(OCCCCCCl)ccc2c1. The van der Waals surface area contributed by atoms with Crippen molar-refractivity contribution in [3.63, 3.8) is 0 Å². The molecule has 0 amide bonds. The van der Waals surface area contributed by atoms with Gasteiger partial charge in [-0.15, -0.1) is 11.6 Å². The van der Waals surface area contributed by atoms with E-state index in [1.807, 2.05) is 44.2 Å². The standard InChI is InChI=1S/C18H22Cl2O2/c1-13(2)22-15-7-8-16-14(12-15)6-9-17(18(16)20)21-11-5-3-4-10-19/h6-9,12-13H,3-5,10-11H2,1-2H3. The third-order valence-corrected chi connectivity index (χ3v) is 3.95. The maximum absolute atomic E-state index is 6.45. The summed E-state index contributed by atoms with van der Waals surface area (Å²) >= 11 is 12.1. The van der Waals surface area contributed by atoms with E-state index < -0.39 is 0 Å². The summed E-state index contributed by atoms with van der Waals surface area (Å²) in [5.74, 6) is 2.29. The van der Waals surface area contributed by atoms with Crippen LogP contribution >= 0.6 is 23.2 Å². The lowest BCUT2D eigenvalue weighted by Gasteiger charge is -2.13. The van der Waals surface area contributed by atoms with Crippen molar-refractivity contribution >= 4 is 34.0 Å². The zero-order chi connectivity index (χ0) is 15.9. The molecular weight excluding hydrogens is 319 g/mol. The third kappa shape index (κ3) is 4.69. The van der Waals surface area contributed by atoms with E-state index in [4.69, 9.17) is 32.7 Å². The Labute approximate surface area is 142 Å². The predicted octanol–water partition coefficient (Wildman–Crippen LogP) is 6.07. The Morgan fingerprint density at radius 2 is 1.86 bits per heavy atom. The van der Waals surface area contributed by atoms with Crippen molar-refractivity contribution in [3.05, 3.63) is 35.4 Å². The number of fused-ring (bicyclic) bond motifs is 1. The lowest BCUT2D eigenvalue weighted by atomic mass is 10.1. The maximum Gasteiger partial charge on any atom is 0.138 e. The lowest BCUT2D eigenvalue weighted by Crippen LogP contribution is -2.05. The van der Waals surface area contributed by atoms with Gasteiger partial charge < -0.3 is 9.47 Å². The molecule has 2 aromatic carbocycles. The molecule has 22 heavy (non-hydrogen) atoms. The number of unbranched alkanes of at least 4 members (excludes halogenated alkanes) is 2. The molecule has 0 spiro atoms. The van der Waals surface area contributed by atoms with Gasteiger partial charge in [-0.25, -0.2) is 0 Å². The van der Waals surface area contributed by atoms with Crippen LogP contribution in [0.25, 0.3) is 10.8 Å². The molecule has 0 radical (unpaired) electrons. The minimum atomic E-state index is 0.156. The molecule has 0 unspecified atom stereocenters. The van der Waals surface area contributed by atoms with Crippen LogP contribution in [0.3, 0.4) is 0 Å². The van der Waals surface area contributed by atoms with Crippen LogP contribution in [0.15, 0.2) is 30.3 Å². The average Bonchev–Trinajstić information content (AvgIpc) is 2.48. The molecule has 0 bridgehead atoms. The summed E-state index contributed by atoms with van der Waals surface area (Å²) in [4.78, 5) is 0. The van der Waals surface area contributed by atoms with Gasteiger partial charge in [0, 0.05) is 11.3 Å². The van der Waals surface area contributed by atoms with E-state index in [0.717, 1.165) is 41.5 Å². The maximum atomic E-state index is 6.45. The lowest BCUT2D eigenvalue weighted by molar-refractivity contribution is 0.243. The second-order valence-electron chi connectivity index (χ2n) is 5.53. The van der Waals surface area contributed by atoms with E-state index in [2.05, 4.69) is 0 Å². The first kappa shape index (κ1) is 17.2.